The highest BCUT2D eigenvalue weighted by molar-refractivity contribution is 5.32. The molecule has 2 aliphatic carbocycles. The molecule has 3 aliphatic rings. The summed E-state index contributed by atoms with van der Waals surface area (Å²) in [7, 11) is 2.23. The van der Waals surface area contributed by atoms with Crippen molar-refractivity contribution in [2.75, 3.05) is 7.05 Å². The molecule has 4 rings (SSSR count). The molecule has 21 heavy (non-hydrogen) atoms. The van der Waals surface area contributed by atoms with Crippen LogP contribution in [0.25, 0.3) is 0 Å². The summed E-state index contributed by atoms with van der Waals surface area (Å²) in [6.45, 7) is 0. The molecule has 2 heteroatoms. The van der Waals surface area contributed by atoms with Crippen LogP contribution >= 0.6 is 0 Å². The number of hydrogen-bond donors (Lipinski definition) is 1. The Morgan fingerprint density at radius 3 is 2.67 bits per heavy atom. The average molecular weight is 279 g/mol. The van der Waals surface area contributed by atoms with Crippen LogP contribution in [0.1, 0.15) is 5.56 Å². The Hall–Kier alpha value is -1.80. The maximum atomic E-state index is 9.80. The van der Waals surface area contributed by atoms with Crippen molar-refractivity contribution in [3.05, 3.63) is 72.0 Å². The fraction of sp³-hybridized carbons (Fsp3) is 0.368. The van der Waals surface area contributed by atoms with Gasteiger partial charge in [0.2, 0.25) is 0 Å². The van der Waals surface area contributed by atoms with E-state index in [1.807, 2.05) is 12.2 Å². The van der Waals surface area contributed by atoms with E-state index >= 15 is 0 Å². The lowest BCUT2D eigenvalue weighted by Gasteiger charge is -2.29. The van der Waals surface area contributed by atoms with Crippen molar-refractivity contribution in [3.63, 3.8) is 0 Å². The first-order valence-corrected chi connectivity index (χ1v) is 7.77. The molecule has 0 radical (unpaired) electrons. The Morgan fingerprint density at radius 1 is 1.05 bits per heavy atom. The van der Waals surface area contributed by atoms with Gasteiger partial charge in [-0.2, -0.15) is 0 Å². The number of likely N-dealkylation sites (N-methyl/N-ethyl adjacent to an activating group) is 1. The molecule has 0 aromatic heterocycles. The molecule has 0 bridgehead atoms. The van der Waals surface area contributed by atoms with Crippen LogP contribution < -0.4 is 0 Å². The highest BCUT2D eigenvalue weighted by Crippen LogP contribution is 2.46. The van der Waals surface area contributed by atoms with Gasteiger partial charge in [-0.25, -0.2) is 0 Å². The van der Waals surface area contributed by atoms with Gasteiger partial charge in [0.25, 0.3) is 0 Å². The summed E-state index contributed by atoms with van der Waals surface area (Å²) in [4.78, 5) is 2.50. The van der Waals surface area contributed by atoms with Crippen molar-refractivity contribution in [1.29, 1.82) is 0 Å². The summed E-state index contributed by atoms with van der Waals surface area (Å²) < 4.78 is 0. The molecule has 5 atom stereocenters. The Kier molecular flexibility index (Phi) is 3.00. The zero-order valence-electron chi connectivity index (χ0n) is 12.3. The first kappa shape index (κ1) is 12.9. The second kappa shape index (κ2) is 4.88. The molecule has 1 aromatic rings. The van der Waals surface area contributed by atoms with Crippen LogP contribution in [0, 0.1) is 17.8 Å². The number of fused-ring (bicyclic) bond motifs is 3. The van der Waals surface area contributed by atoms with Gasteiger partial charge in [0.15, 0.2) is 0 Å². The third-order valence-electron chi connectivity index (χ3n) is 5.33. The summed E-state index contributed by atoms with van der Waals surface area (Å²) in [5.41, 5.74) is 1.41. The third kappa shape index (κ3) is 2.06. The molecule has 1 heterocycles. The summed E-state index contributed by atoms with van der Waals surface area (Å²) in [6, 6.07) is 11.7. The Bertz CT molecular complexity index is 616. The van der Waals surface area contributed by atoms with Gasteiger partial charge >= 0.3 is 0 Å². The zero-order valence-corrected chi connectivity index (χ0v) is 12.3. The molecular weight excluding hydrogens is 258 g/mol. The van der Waals surface area contributed by atoms with Crippen molar-refractivity contribution in [3.8, 4) is 0 Å². The van der Waals surface area contributed by atoms with Crippen molar-refractivity contribution in [1.82, 2.24) is 4.90 Å². The lowest BCUT2D eigenvalue weighted by Crippen LogP contribution is -2.37. The second-order valence-electron chi connectivity index (χ2n) is 6.49. The standard InChI is InChI=1S/C19H21NO/c1-20-18-10-8-15(21)12-17(18)16-9-7-14(19(16)20)11-13-5-3-2-4-6-13/h2-10,12,14,16-19,21H,11H2,1H3. The minimum Gasteiger partial charge on any atom is -0.508 e. The van der Waals surface area contributed by atoms with Gasteiger partial charge in [-0.1, -0.05) is 48.6 Å². The van der Waals surface area contributed by atoms with Crippen LogP contribution in [0.5, 0.6) is 0 Å². The lowest BCUT2D eigenvalue weighted by atomic mass is 9.84. The molecule has 1 saturated heterocycles. The molecule has 1 N–H and O–H groups in total. The maximum absolute atomic E-state index is 9.80. The Balaban J connectivity index is 1.59. The first-order valence-electron chi connectivity index (χ1n) is 7.77. The molecule has 1 fully saturated rings. The second-order valence-corrected chi connectivity index (χ2v) is 6.49. The van der Waals surface area contributed by atoms with E-state index in [1.54, 1.807) is 0 Å². The highest BCUT2D eigenvalue weighted by Gasteiger charge is 2.49. The molecular formula is C19H21NO. The first-order chi connectivity index (χ1) is 10.2. The fourth-order valence-electron chi connectivity index (χ4n) is 4.41. The van der Waals surface area contributed by atoms with Gasteiger partial charge in [0.1, 0.15) is 5.76 Å². The number of benzene rings is 1. The molecule has 1 aromatic carbocycles. The molecule has 108 valence electrons. The number of nitrogens with zero attached hydrogens (tertiary/aromatic N) is 1. The third-order valence-corrected chi connectivity index (χ3v) is 5.33. The van der Waals surface area contributed by atoms with Crippen molar-refractivity contribution in [2.45, 2.75) is 18.5 Å². The van der Waals surface area contributed by atoms with E-state index in [1.165, 1.54) is 5.56 Å². The van der Waals surface area contributed by atoms with Crippen LogP contribution in [-0.4, -0.2) is 29.1 Å². The van der Waals surface area contributed by atoms with Gasteiger partial charge < -0.3 is 5.11 Å². The van der Waals surface area contributed by atoms with E-state index in [0.29, 0.717) is 35.6 Å². The van der Waals surface area contributed by atoms with E-state index in [9.17, 15) is 5.11 Å². The molecule has 1 aliphatic heterocycles. The van der Waals surface area contributed by atoms with Gasteiger partial charge in [-0.15, -0.1) is 0 Å². The van der Waals surface area contributed by atoms with Crippen LogP contribution in [0.2, 0.25) is 0 Å². The van der Waals surface area contributed by atoms with E-state index in [-0.39, 0.29) is 0 Å². The van der Waals surface area contributed by atoms with Crippen LogP contribution in [-0.2, 0) is 6.42 Å². The minimum absolute atomic E-state index is 0.419. The van der Waals surface area contributed by atoms with Crippen LogP contribution in [0.3, 0.4) is 0 Å². The summed E-state index contributed by atoms with van der Waals surface area (Å²) >= 11 is 0. The maximum Gasteiger partial charge on any atom is 0.111 e. The van der Waals surface area contributed by atoms with Gasteiger partial charge in [-0.05, 0) is 37.1 Å². The van der Waals surface area contributed by atoms with Crippen molar-refractivity contribution in [2.24, 2.45) is 17.8 Å². The largest absolute Gasteiger partial charge is 0.508 e. The minimum atomic E-state index is 0.419. The van der Waals surface area contributed by atoms with Crippen LogP contribution in [0.15, 0.2) is 66.5 Å². The van der Waals surface area contributed by atoms with Crippen LogP contribution in [0.4, 0.5) is 0 Å². The average Bonchev–Trinajstić information content (AvgIpc) is 3.01. The quantitative estimate of drug-likeness (QED) is 0.839. The zero-order chi connectivity index (χ0) is 14.4. The predicted octanol–water partition coefficient (Wildman–Crippen LogP) is 3.34. The normalized spacial score (nSPS) is 37.4. The van der Waals surface area contributed by atoms with Crippen molar-refractivity contribution >= 4 is 0 Å². The summed E-state index contributed by atoms with van der Waals surface area (Å²) in [6.07, 6.45) is 11.9. The number of hydrogen-bond acceptors (Lipinski definition) is 2. The molecule has 0 saturated carbocycles. The smallest absolute Gasteiger partial charge is 0.111 e. The molecule has 0 spiro atoms. The topological polar surface area (TPSA) is 23.5 Å². The monoisotopic (exact) mass is 279 g/mol. The van der Waals surface area contributed by atoms with E-state index in [4.69, 9.17) is 0 Å². The van der Waals surface area contributed by atoms with E-state index in [2.05, 4.69) is 60.5 Å². The Morgan fingerprint density at radius 2 is 1.86 bits per heavy atom. The van der Waals surface area contributed by atoms with E-state index < -0.39 is 0 Å². The number of allylic oxidation sites excluding steroid dienone is 1. The SMILES string of the molecule is CN1C2C=CC(O)=CC2C2C=CC(Cc3ccccc3)C21. The summed E-state index contributed by atoms with van der Waals surface area (Å²) in [5, 5.41) is 9.80. The van der Waals surface area contributed by atoms with E-state index in [0.717, 1.165) is 6.42 Å². The molecule has 2 nitrogen and oxygen atoms in total. The van der Waals surface area contributed by atoms with Gasteiger partial charge in [0, 0.05) is 23.9 Å². The van der Waals surface area contributed by atoms with Crippen molar-refractivity contribution < 1.29 is 5.11 Å². The van der Waals surface area contributed by atoms with Gasteiger partial charge in [-0.3, -0.25) is 4.90 Å². The number of likely N-dealkylation sites (tertiary alicyclic amines) is 1. The van der Waals surface area contributed by atoms with Gasteiger partial charge in [0.05, 0.1) is 0 Å². The number of aliphatic hydroxyl groups is 1. The fourth-order valence-corrected chi connectivity index (χ4v) is 4.41. The predicted molar refractivity (Wildman–Crippen MR) is 84.9 cm³/mol. The number of aliphatic hydroxyl groups excluding tert-OH is 1. The lowest BCUT2D eigenvalue weighted by molar-refractivity contribution is 0.218. The number of rotatable bonds is 2. The molecule has 0 amide bonds. The Labute approximate surface area is 126 Å². The highest BCUT2D eigenvalue weighted by atomic mass is 16.3. The summed E-state index contributed by atoms with van der Waals surface area (Å²) in [5.74, 6) is 1.94. The molecule has 5 unspecified atom stereocenters.